The van der Waals surface area contributed by atoms with Gasteiger partial charge < -0.3 is 15.4 Å². The van der Waals surface area contributed by atoms with Gasteiger partial charge in [0.15, 0.2) is 0 Å². The SMILES string of the molecule is COCCN(C)CC(N)Cc1ccccc1. The molecule has 0 saturated heterocycles. The van der Waals surface area contributed by atoms with Crippen molar-refractivity contribution >= 4 is 0 Å². The number of ether oxygens (including phenoxy) is 1. The van der Waals surface area contributed by atoms with Crippen molar-refractivity contribution in [2.24, 2.45) is 5.73 Å². The van der Waals surface area contributed by atoms with E-state index < -0.39 is 0 Å². The maximum atomic E-state index is 6.10. The van der Waals surface area contributed by atoms with E-state index in [1.807, 2.05) is 6.07 Å². The Morgan fingerprint density at radius 3 is 2.62 bits per heavy atom. The van der Waals surface area contributed by atoms with E-state index in [1.165, 1.54) is 5.56 Å². The van der Waals surface area contributed by atoms with Gasteiger partial charge in [-0.25, -0.2) is 0 Å². The van der Waals surface area contributed by atoms with Crippen LogP contribution in [0.5, 0.6) is 0 Å². The third-order valence-corrected chi connectivity index (χ3v) is 2.56. The van der Waals surface area contributed by atoms with E-state index in [0.717, 1.165) is 26.1 Å². The van der Waals surface area contributed by atoms with Gasteiger partial charge in [0, 0.05) is 26.2 Å². The molecule has 0 aliphatic heterocycles. The molecule has 0 radical (unpaired) electrons. The Bertz CT molecular complexity index is 277. The van der Waals surface area contributed by atoms with E-state index in [4.69, 9.17) is 10.5 Å². The number of methoxy groups -OCH3 is 1. The molecule has 0 aliphatic rings. The van der Waals surface area contributed by atoms with Crippen molar-refractivity contribution in [2.75, 3.05) is 33.9 Å². The maximum absolute atomic E-state index is 6.10. The second-order valence-corrected chi connectivity index (χ2v) is 4.20. The fourth-order valence-electron chi connectivity index (χ4n) is 1.72. The highest BCUT2D eigenvalue weighted by Crippen LogP contribution is 2.02. The number of hydrogen-bond donors (Lipinski definition) is 1. The zero-order valence-corrected chi connectivity index (χ0v) is 10.2. The predicted octanol–water partition coefficient (Wildman–Crippen LogP) is 1.13. The van der Waals surface area contributed by atoms with Crippen LogP contribution >= 0.6 is 0 Å². The van der Waals surface area contributed by atoms with E-state index in [0.29, 0.717) is 0 Å². The van der Waals surface area contributed by atoms with Crippen LogP contribution in [0.3, 0.4) is 0 Å². The first kappa shape index (κ1) is 13.2. The van der Waals surface area contributed by atoms with Gasteiger partial charge in [0.1, 0.15) is 0 Å². The Kier molecular flexibility index (Phi) is 6.08. The number of benzene rings is 1. The summed E-state index contributed by atoms with van der Waals surface area (Å²) in [5, 5.41) is 0. The zero-order chi connectivity index (χ0) is 11.8. The largest absolute Gasteiger partial charge is 0.383 e. The zero-order valence-electron chi connectivity index (χ0n) is 10.2. The van der Waals surface area contributed by atoms with Gasteiger partial charge in [0.2, 0.25) is 0 Å². The summed E-state index contributed by atoms with van der Waals surface area (Å²) < 4.78 is 5.03. The lowest BCUT2D eigenvalue weighted by atomic mass is 10.1. The second-order valence-electron chi connectivity index (χ2n) is 4.20. The van der Waals surface area contributed by atoms with Crippen molar-refractivity contribution in [2.45, 2.75) is 12.5 Å². The molecule has 3 heteroatoms. The molecule has 1 aromatic rings. The van der Waals surface area contributed by atoms with Crippen molar-refractivity contribution < 1.29 is 4.74 Å². The van der Waals surface area contributed by atoms with Gasteiger partial charge in [-0.3, -0.25) is 0 Å². The number of hydrogen-bond acceptors (Lipinski definition) is 3. The molecule has 1 rings (SSSR count). The monoisotopic (exact) mass is 222 g/mol. The summed E-state index contributed by atoms with van der Waals surface area (Å²) in [5.41, 5.74) is 7.40. The van der Waals surface area contributed by atoms with E-state index in [-0.39, 0.29) is 6.04 Å². The quantitative estimate of drug-likeness (QED) is 0.751. The Labute approximate surface area is 98.2 Å². The van der Waals surface area contributed by atoms with Crippen LogP contribution in [0, 0.1) is 0 Å². The highest BCUT2D eigenvalue weighted by Gasteiger charge is 2.07. The number of rotatable bonds is 7. The van der Waals surface area contributed by atoms with Crippen LogP contribution in [-0.2, 0) is 11.2 Å². The summed E-state index contributed by atoms with van der Waals surface area (Å²) in [6.45, 7) is 2.59. The standard InChI is InChI=1S/C13H22N2O/c1-15(8-9-16-2)11-13(14)10-12-6-4-3-5-7-12/h3-7,13H,8-11,14H2,1-2H3. The molecule has 3 nitrogen and oxygen atoms in total. The van der Waals surface area contributed by atoms with E-state index >= 15 is 0 Å². The van der Waals surface area contributed by atoms with Gasteiger partial charge in [-0.15, -0.1) is 0 Å². The summed E-state index contributed by atoms with van der Waals surface area (Å²) in [4.78, 5) is 2.21. The minimum atomic E-state index is 0.184. The van der Waals surface area contributed by atoms with Gasteiger partial charge >= 0.3 is 0 Å². The molecule has 0 saturated carbocycles. The Morgan fingerprint density at radius 2 is 2.00 bits per heavy atom. The van der Waals surface area contributed by atoms with Gasteiger partial charge in [0.25, 0.3) is 0 Å². The number of nitrogens with two attached hydrogens (primary N) is 1. The highest BCUT2D eigenvalue weighted by atomic mass is 16.5. The summed E-state index contributed by atoms with van der Waals surface area (Å²) in [6, 6.07) is 10.6. The summed E-state index contributed by atoms with van der Waals surface area (Å²) in [6.07, 6.45) is 0.929. The van der Waals surface area contributed by atoms with Crippen molar-refractivity contribution in [1.82, 2.24) is 4.90 Å². The molecule has 0 aromatic heterocycles. The molecule has 1 unspecified atom stereocenters. The molecule has 0 fully saturated rings. The van der Waals surface area contributed by atoms with Crippen LogP contribution in [0.4, 0.5) is 0 Å². The van der Waals surface area contributed by atoms with Crippen molar-refractivity contribution in [3.63, 3.8) is 0 Å². The minimum absolute atomic E-state index is 0.184. The molecular weight excluding hydrogens is 200 g/mol. The summed E-state index contributed by atoms with van der Waals surface area (Å²) in [7, 11) is 3.79. The minimum Gasteiger partial charge on any atom is -0.383 e. The van der Waals surface area contributed by atoms with Crippen molar-refractivity contribution in [3.05, 3.63) is 35.9 Å². The smallest absolute Gasteiger partial charge is 0.0589 e. The fourth-order valence-corrected chi connectivity index (χ4v) is 1.72. The fraction of sp³-hybridized carbons (Fsp3) is 0.538. The lowest BCUT2D eigenvalue weighted by Gasteiger charge is -2.20. The molecule has 0 spiro atoms. The predicted molar refractivity (Wildman–Crippen MR) is 67.5 cm³/mol. The van der Waals surface area contributed by atoms with E-state index in [2.05, 4.69) is 36.2 Å². The van der Waals surface area contributed by atoms with Gasteiger partial charge in [-0.2, -0.15) is 0 Å². The third kappa shape index (κ3) is 5.26. The lowest BCUT2D eigenvalue weighted by Crippen LogP contribution is -2.38. The normalized spacial score (nSPS) is 13.0. The Balaban J connectivity index is 2.27. The van der Waals surface area contributed by atoms with Crippen LogP contribution in [-0.4, -0.2) is 44.8 Å². The first-order chi connectivity index (χ1) is 7.72. The second kappa shape index (κ2) is 7.39. The molecular formula is C13H22N2O. The maximum Gasteiger partial charge on any atom is 0.0589 e. The van der Waals surface area contributed by atoms with Crippen molar-refractivity contribution in [1.29, 1.82) is 0 Å². The molecule has 16 heavy (non-hydrogen) atoms. The highest BCUT2D eigenvalue weighted by molar-refractivity contribution is 5.15. The molecule has 90 valence electrons. The topological polar surface area (TPSA) is 38.5 Å². The van der Waals surface area contributed by atoms with Crippen LogP contribution < -0.4 is 5.73 Å². The van der Waals surface area contributed by atoms with Gasteiger partial charge in [0.05, 0.1) is 6.61 Å². The molecule has 0 heterocycles. The van der Waals surface area contributed by atoms with Crippen LogP contribution in [0.25, 0.3) is 0 Å². The molecule has 1 aromatic carbocycles. The van der Waals surface area contributed by atoms with E-state index in [9.17, 15) is 0 Å². The number of nitrogens with zero attached hydrogens (tertiary/aromatic N) is 1. The average molecular weight is 222 g/mol. The van der Waals surface area contributed by atoms with Gasteiger partial charge in [-0.1, -0.05) is 30.3 Å². The van der Waals surface area contributed by atoms with E-state index in [1.54, 1.807) is 7.11 Å². The molecule has 0 aliphatic carbocycles. The summed E-state index contributed by atoms with van der Waals surface area (Å²) >= 11 is 0. The average Bonchev–Trinajstić information content (AvgIpc) is 2.27. The molecule has 0 bridgehead atoms. The van der Waals surface area contributed by atoms with Crippen LogP contribution in [0.2, 0.25) is 0 Å². The lowest BCUT2D eigenvalue weighted by molar-refractivity contribution is 0.158. The molecule has 1 atom stereocenters. The van der Waals surface area contributed by atoms with Crippen molar-refractivity contribution in [3.8, 4) is 0 Å². The molecule has 2 N–H and O–H groups in total. The van der Waals surface area contributed by atoms with Crippen LogP contribution in [0.1, 0.15) is 5.56 Å². The summed E-state index contributed by atoms with van der Waals surface area (Å²) in [5.74, 6) is 0. The van der Waals surface area contributed by atoms with Gasteiger partial charge in [-0.05, 0) is 19.0 Å². The van der Waals surface area contributed by atoms with Crippen LogP contribution in [0.15, 0.2) is 30.3 Å². The first-order valence-electron chi connectivity index (χ1n) is 5.69. The third-order valence-electron chi connectivity index (χ3n) is 2.56. The Morgan fingerprint density at radius 1 is 1.31 bits per heavy atom. The Hall–Kier alpha value is -0.900. The molecule has 0 amide bonds. The number of likely N-dealkylation sites (N-methyl/N-ethyl adjacent to an activating group) is 1. The first-order valence-corrected chi connectivity index (χ1v) is 5.69.